The molecule has 0 fully saturated rings. The Morgan fingerprint density at radius 2 is 1.84 bits per heavy atom. The Labute approximate surface area is 233 Å². The molecule has 4 aromatic rings. The van der Waals surface area contributed by atoms with Gasteiger partial charge < -0.3 is 15.2 Å². The van der Waals surface area contributed by atoms with Crippen LogP contribution in [0, 0.1) is 0 Å². The highest BCUT2D eigenvalue weighted by molar-refractivity contribution is 8.00. The van der Waals surface area contributed by atoms with E-state index < -0.39 is 5.25 Å². The zero-order valence-corrected chi connectivity index (χ0v) is 22.8. The maximum Gasteiger partial charge on any atom is 0.253 e. The number of nitrogens with one attached hydrogen (secondary N) is 2. The summed E-state index contributed by atoms with van der Waals surface area (Å²) in [6, 6.07) is 20.9. The summed E-state index contributed by atoms with van der Waals surface area (Å²) >= 11 is 13.5. The van der Waals surface area contributed by atoms with E-state index in [1.165, 1.54) is 31.2 Å². The second-order valence-corrected chi connectivity index (χ2v) is 10.0. The number of amides is 1. The maximum absolute atomic E-state index is 12.8. The summed E-state index contributed by atoms with van der Waals surface area (Å²) in [5, 5.41) is 26.6. The SMILES string of the molecule is COc1cc(Cl)c(Cl)c(/C=N/NC(=O)C(C)Sc2nnc(CNc3ccccc3)n2-c2ccccc2)c1O. The van der Waals surface area contributed by atoms with Gasteiger partial charge in [-0.25, -0.2) is 5.43 Å². The Bertz CT molecular complexity index is 1430. The highest BCUT2D eigenvalue weighted by Gasteiger charge is 2.21. The lowest BCUT2D eigenvalue weighted by atomic mass is 10.2. The van der Waals surface area contributed by atoms with Crippen LogP contribution in [0.1, 0.15) is 18.3 Å². The van der Waals surface area contributed by atoms with Gasteiger partial charge in [-0.3, -0.25) is 9.36 Å². The molecule has 0 aliphatic heterocycles. The zero-order chi connectivity index (χ0) is 27.1. The Kier molecular flexibility index (Phi) is 9.11. The first kappa shape index (κ1) is 27.3. The summed E-state index contributed by atoms with van der Waals surface area (Å²) in [7, 11) is 1.39. The minimum Gasteiger partial charge on any atom is -0.504 e. The van der Waals surface area contributed by atoms with E-state index in [0.29, 0.717) is 17.5 Å². The van der Waals surface area contributed by atoms with Crippen molar-refractivity contribution < 1.29 is 14.6 Å². The van der Waals surface area contributed by atoms with Gasteiger partial charge in [0, 0.05) is 17.4 Å². The number of nitrogens with zero attached hydrogens (tertiary/aromatic N) is 4. The molecule has 3 aromatic carbocycles. The molecule has 4 rings (SSSR count). The second kappa shape index (κ2) is 12.7. The van der Waals surface area contributed by atoms with Crippen LogP contribution in [-0.4, -0.2) is 44.4 Å². The summed E-state index contributed by atoms with van der Waals surface area (Å²) in [6.45, 7) is 2.17. The van der Waals surface area contributed by atoms with Crippen LogP contribution >= 0.6 is 35.0 Å². The van der Waals surface area contributed by atoms with Crippen molar-refractivity contribution in [1.29, 1.82) is 0 Å². The molecular formula is C26H24Cl2N6O3S. The van der Waals surface area contributed by atoms with E-state index in [1.807, 2.05) is 65.2 Å². The monoisotopic (exact) mass is 570 g/mol. The summed E-state index contributed by atoms with van der Waals surface area (Å²) < 4.78 is 6.99. The third-order valence-corrected chi connectivity index (χ3v) is 7.22. The number of thioether (sulfide) groups is 1. The van der Waals surface area contributed by atoms with Crippen molar-refractivity contribution in [2.75, 3.05) is 12.4 Å². The van der Waals surface area contributed by atoms with Crippen molar-refractivity contribution in [3.8, 4) is 17.2 Å². The molecule has 3 N–H and O–H groups in total. The summed E-state index contributed by atoms with van der Waals surface area (Å²) in [6.07, 6.45) is 1.21. The van der Waals surface area contributed by atoms with E-state index in [9.17, 15) is 9.90 Å². The number of para-hydroxylation sites is 2. The lowest BCUT2D eigenvalue weighted by Gasteiger charge is -2.13. The normalized spacial score (nSPS) is 11.9. The van der Waals surface area contributed by atoms with Crippen molar-refractivity contribution >= 4 is 52.8 Å². The summed E-state index contributed by atoms with van der Waals surface area (Å²) in [5.74, 6) is 0.194. The number of carbonyl (C=O) groups excluding carboxylic acids is 1. The van der Waals surface area contributed by atoms with Crippen molar-refractivity contribution in [2.24, 2.45) is 5.10 Å². The number of aromatic nitrogens is 3. The molecule has 1 atom stereocenters. The van der Waals surface area contributed by atoms with Gasteiger partial charge in [0.1, 0.15) is 0 Å². The lowest BCUT2D eigenvalue weighted by molar-refractivity contribution is -0.120. The fourth-order valence-electron chi connectivity index (χ4n) is 3.41. The lowest BCUT2D eigenvalue weighted by Crippen LogP contribution is -2.27. The molecule has 0 aliphatic carbocycles. The van der Waals surface area contributed by atoms with Gasteiger partial charge in [0.05, 0.1) is 40.7 Å². The number of ether oxygens (including phenoxy) is 1. The number of anilines is 1. The zero-order valence-electron chi connectivity index (χ0n) is 20.4. The van der Waals surface area contributed by atoms with Gasteiger partial charge in [-0.15, -0.1) is 10.2 Å². The molecule has 1 amide bonds. The largest absolute Gasteiger partial charge is 0.504 e. The van der Waals surface area contributed by atoms with Gasteiger partial charge in [0.2, 0.25) is 0 Å². The Hall–Kier alpha value is -3.73. The second-order valence-electron chi connectivity index (χ2n) is 7.92. The minimum absolute atomic E-state index is 0.0815. The van der Waals surface area contributed by atoms with E-state index in [2.05, 4.69) is 26.0 Å². The van der Waals surface area contributed by atoms with E-state index in [1.54, 1.807) is 6.92 Å². The van der Waals surface area contributed by atoms with Crippen LogP contribution in [0.5, 0.6) is 11.5 Å². The molecule has 0 spiro atoms. The maximum atomic E-state index is 12.8. The molecule has 12 heteroatoms. The van der Waals surface area contributed by atoms with Crippen LogP contribution in [0.4, 0.5) is 5.69 Å². The van der Waals surface area contributed by atoms with Crippen molar-refractivity contribution in [1.82, 2.24) is 20.2 Å². The molecule has 38 heavy (non-hydrogen) atoms. The van der Waals surface area contributed by atoms with Crippen LogP contribution in [0.3, 0.4) is 0 Å². The number of halogens is 2. The molecule has 0 bridgehead atoms. The van der Waals surface area contributed by atoms with E-state index >= 15 is 0 Å². The molecule has 0 aliphatic rings. The van der Waals surface area contributed by atoms with Gasteiger partial charge in [-0.1, -0.05) is 71.4 Å². The molecule has 1 aromatic heterocycles. The van der Waals surface area contributed by atoms with Crippen LogP contribution in [0.25, 0.3) is 5.69 Å². The van der Waals surface area contributed by atoms with Crippen molar-refractivity contribution in [3.63, 3.8) is 0 Å². The number of phenolic OH excluding ortho intramolecular Hbond substituents is 1. The van der Waals surface area contributed by atoms with Gasteiger partial charge in [-0.2, -0.15) is 5.10 Å². The highest BCUT2D eigenvalue weighted by atomic mass is 35.5. The molecular weight excluding hydrogens is 547 g/mol. The van der Waals surface area contributed by atoms with Crippen molar-refractivity contribution in [2.45, 2.75) is 23.9 Å². The van der Waals surface area contributed by atoms with Crippen molar-refractivity contribution in [3.05, 3.63) is 88.2 Å². The summed E-state index contributed by atoms with van der Waals surface area (Å²) in [4.78, 5) is 12.8. The van der Waals surface area contributed by atoms with Crippen LogP contribution in [0.15, 0.2) is 77.0 Å². The number of aromatic hydroxyl groups is 1. The summed E-state index contributed by atoms with van der Waals surface area (Å²) in [5.41, 5.74) is 4.41. The van der Waals surface area contributed by atoms with Crippen LogP contribution < -0.4 is 15.5 Å². The number of carbonyl (C=O) groups is 1. The smallest absolute Gasteiger partial charge is 0.253 e. The average molecular weight is 571 g/mol. The topological polar surface area (TPSA) is 114 Å². The quantitative estimate of drug-likeness (QED) is 0.130. The molecule has 1 unspecified atom stereocenters. The Morgan fingerprint density at radius 3 is 2.53 bits per heavy atom. The minimum atomic E-state index is -0.577. The third-order valence-electron chi connectivity index (χ3n) is 5.37. The number of phenols is 1. The molecule has 0 saturated carbocycles. The fourth-order valence-corrected chi connectivity index (χ4v) is 4.69. The number of hydrogen-bond donors (Lipinski definition) is 3. The molecule has 196 valence electrons. The number of benzene rings is 3. The third kappa shape index (κ3) is 6.39. The van der Waals surface area contributed by atoms with Crippen LogP contribution in [0.2, 0.25) is 10.0 Å². The Balaban J connectivity index is 1.49. The van der Waals surface area contributed by atoms with E-state index in [-0.39, 0.29) is 33.0 Å². The number of hydrogen-bond acceptors (Lipinski definition) is 8. The van der Waals surface area contributed by atoms with Gasteiger partial charge in [0.25, 0.3) is 5.91 Å². The first-order valence-electron chi connectivity index (χ1n) is 11.4. The number of hydrazone groups is 1. The Morgan fingerprint density at radius 1 is 1.16 bits per heavy atom. The van der Waals surface area contributed by atoms with E-state index in [4.69, 9.17) is 27.9 Å². The van der Waals surface area contributed by atoms with Gasteiger partial charge in [-0.05, 0) is 31.2 Å². The average Bonchev–Trinajstić information content (AvgIpc) is 3.34. The predicted octanol–water partition coefficient (Wildman–Crippen LogP) is 5.53. The number of rotatable bonds is 10. The molecule has 1 heterocycles. The standard InChI is InChI=1S/C26H24Cl2N6O3S/c1-16(25(36)32-30-14-19-23(28)20(27)13-21(37-2)24(19)35)38-26-33-31-22(15-29-17-9-5-3-6-10-17)34(26)18-11-7-4-8-12-18/h3-14,16,29,35H,15H2,1-2H3,(H,32,36)/b30-14+. The first-order chi connectivity index (χ1) is 18.4. The fraction of sp³-hybridized carbons (Fsp3) is 0.154. The first-order valence-corrected chi connectivity index (χ1v) is 13.1. The van der Waals surface area contributed by atoms with Gasteiger partial charge >= 0.3 is 0 Å². The number of methoxy groups -OCH3 is 1. The van der Waals surface area contributed by atoms with E-state index in [0.717, 1.165) is 11.4 Å². The van der Waals surface area contributed by atoms with Gasteiger partial charge in [0.15, 0.2) is 22.5 Å². The highest BCUT2D eigenvalue weighted by Crippen LogP contribution is 2.39. The predicted molar refractivity (Wildman–Crippen MR) is 151 cm³/mol. The molecule has 0 radical (unpaired) electrons. The van der Waals surface area contributed by atoms with Crippen LogP contribution in [-0.2, 0) is 11.3 Å². The molecule has 0 saturated heterocycles. The molecule has 9 nitrogen and oxygen atoms in total.